The predicted molar refractivity (Wildman–Crippen MR) is 119 cm³/mol. The van der Waals surface area contributed by atoms with Crippen molar-refractivity contribution >= 4 is 31.5 Å². The van der Waals surface area contributed by atoms with Crippen LogP contribution in [0.1, 0.15) is 11.1 Å². The smallest absolute Gasteiger partial charge is 0.0433 e. The van der Waals surface area contributed by atoms with E-state index in [-0.39, 0.29) is 0 Å². The van der Waals surface area contributed by atoms with Crippen molar-refractivity contribution in [1.82, 2.24) is 0 Å². The fraction of sp³-hybridized carbons (Fsp3) is 0.0769. The highest BCUT2D eigenvalue weighted by Crippen LogP contribution is 2.40. The van der Waals surface area contributed by atoms with Crippen LogP contribution < -0.4 is 0 Å². The molecular formula is C26H20S. The Morgan fingerprint density at radius 3 is 2.15 bits per heavy atom. The Morgan fingerprint density at radius 1 is 0.519 bits per heavy atom. The molecule has 0 amide bonds. The van der Waals surface area contributed by atoms with Crippen LogP contribution >= 0.6 is 11.3 Å². The van der Waals surface area contributed by atoms with E-state index in [0.29, 0.717) is 0 Å². The second kappa shape index (κ2) is 7.02. The molecule has 0 fully saturated rings. The standard InChI is InChI=1S/C26H20S/c1-2-9-19(10-3-1)17-18-20-11-4-5-12-21(20)23-14-8-15-24-22-13-6-7-16-25(22)27-26(23)24/h1-16H,17-18H2. The molecule has 27 heavy (non-hydrogen) atoms. The molecule has 1 heteroatoms. The first-order chi connectivity index (χ1) is 13.4. The van der Waals surface area contributed by atoms with Crippen molar-refractivity contribution in [2.24, 2.45) is 0 Å². The lowest BCUT2D eigenvalue weighted by Gasteiger charge is -2.11. The molecule has 5 aromatic rings. The molecule has 0 atom stereocenters. The first-order valence-electron chi connectivity index (χ1n) is 9.42. The average Bonchev–Trinajstić information content (AvgIpc) is 3.12. The molecule has 1 aromatic heterocycles. The lowest BCUT2D eigenvalue weighted by atomic mass is 9.94. The molecule has 0 bridgehead atoms. The van der Waals surface area contributed by atoms with Crippen molar-refractivity contribution < 1.29 is 0 Å². The van der Waals surface area contributed by atoms with Gasteiger partial charge in [0, 0.05) is 20.2 Å². The van der Waals surface area contributed by atoms with E-state index in [1.165, 1.54) is 42.4 Å². The molecule has 130 valence electrons. The zero-order chi connectivity index (χ0) is 18.1. The Bertz CT molecular complexity index is 1210. The summed E-state index contributed by atoms with van der Waals surface area (Å²) in [6, 6.07) is 35.1. The molecule has 0 saturated carbocycles. The monoisotopic (exact) mass is 364 g/mol. The molecule has 0 unspecified atom stereocenters. The number of fused-ring (bicyclic) bond motifs is 3. The third-order valence-corrected chi connectivity index (χ3v) is 6.46. The summed E-state index contributed by atoms with van der Waals surface area (Å²) < 4.78 is 2.76. The summed E-state index contributed by atoms with van der Waals surface area (Å²) in [5.74, 6) is 0. The Kier molecular flexibility index (Phi) is 4.23. The summed E-state index contributed by atoms with van der Waals surface area (Å²) in [4.78, 5) is 0. The van der Waals surface area contributed by atoms with Crippen molar-refractivity contribution in [1.29, 1.82) is 0 Å². The van der Waals surface area contributed by atoms with Gasteiger partial charge in [0.15, 0.2) is 0 Å². The van der Waals surface area contributed by atoms with Gasteiger partial charge >= 0.3 is 0 Å². The van der Waals surface area contributed by atoms with Crippen LogP contribution in [0, 0.1) is 0 Å². The van der Waals surface area contributed by atoms with Gasteiger partial charge in [0.1, 0.15) is 0 Å². The average molecular weight is 365 g/mol. The largest absolute Gasteiger partial charge is 0.135 e. The van der Waals surface area contributed by atoms with Crippen LogP contribution in [0.25, 0.3) is 31.3 Å². The van der Waals surface area contributed by atoms with Crippen molar-refractivity contribution in [2.45, 2.75) is 12.8 Å². The molecule has 0 N–H and O–H groups in total. The third kappa shape index (κ3) is 3.05. The molecule has 4 aromatic carbocycles. The molecule has 5 rings (SSSR count). The van der Waals surface area contributed by atoms with Gasteiger partial charge in [-0.25, -0.2) is 0 Å². The van der Waals surface area contributed by atoms with Crippen LogP contribution in [-0.2, 0) is 12.8 Å². The van der Waals surface area contributed by atoms with E-state index in [1.54, 1.807) is 0 Å². The van der Waals surface area contributed by atoms with E-state index in [2.05, 4.69) is 97.1 Å². The first kappa shape index (κ1) is 16.3. The fourth-order valence-electron chi connectivity index (χ4n) is 3.88. The van der Waals surface area contributed by atoms with Crippen LogP contribution in [0.3, 0.4) is 0 Å². The van der Waals surface area contributed by atoms with Gasteiger partial charge in [0.2, 0.25) is 0 Å². The number of rotatable bonds is 4. The minimum atomic E-state index is 1.06. The highest BCUT2D eigenvalue weighted by molar-refractivity contribution is 7.26. The van der Waals surface area contributed by atoms with Gasteiger partial charge in [-0.15, -0.1) is 11.3 Å². The Morgan fingerprint density at radius 2 is 1.22 bits per heavy atom. The minimum absolute atomic E-state index is 1.06. The molecule has 0 aliphatic rings. The molecule has 0 nitrogen and oxygen atoms in total. The van der Waals surface area contributed by atoms with Crippen LogP contribution in [-0.4, -0.2) is 0 Å². The summed E-state index contributed by atoms with van der Waals surface area (Å²) in [6.45, 7) is 0. The van der Waals surface area contributed by atoms with E-state index in [9.17, 15) is 0 Å². The zero-order valence-electron chi connectivity index (χ0n) is 15.1. The van der Waals surface area contributed by atoms with Crippen molar-refractivity contribution in [3.8, 4) is 11.1 Å². The highest BCUT2D eigenvalue weighted by atomic mass is 32.1. The highest BCUT2D eigenvalue weighted by Gasteiger charge is 2.12. The molecule has 0 aliphatic heterocycles. The molecule has 1 heterocycles. The number of aryl methyl sites for hydroxylation is 2. The van der Waals surface area contributed by atoms with Gasteiger partial charge in [-0.2, -0.15) is 0 Å². The topological polar surface area (TPSA) is 0 Å². The van der Waals surface area contributed by atoms with Crippen molar-refractivity contribution in [3.05, 3.63) is 108 Å². The van der Waals surface area contributed by atoms with Crippen molar-refractivity contribution in [2.75, 3.05) is 0 Å². The Balaban J connectivity index is 1.61. The summed E-state index contributed by atoms with van der Waals surface area (Å²) in [7, 11) is 0. The van der Waals surface area contributed by atoms with Gasteiger partial charge < -0.3 is 0 Å². The molecule has 0 spiro atoms. The molecule has 0 radical (unpaired) electrons. The van der Waals surface area contributed by atoms with E-state index in [0.717, 1.165) is 12.8 Å². The van der Waals surface area contributed by atoms with E-state index >= 15 is 0 Å². The van der Waals surface area contributed by atoms with Crippen LogP contribution in [0.2, 0.25) is 0 Å². The second-order valence-electron chi connectivity index (χ2n) is 6.92. The van der Waals surface area contributed by atoms with Gasteiger partial charge in [-0.1, -0.05) is 91.0 Å². The maximum Gasteiger partial charge on any atom is 0.0433 e. The quantitative estimate of drug-likeness (QED) is 0.309. The lowest BCUT2D eigenvalue weighted by Crippen LogP contribution is -1.94. The van der Waals surface area contributed by atoms with Crippen LogP contribution in [0.5, 0.6) is 0 Å². The van der Waals surface area contributed by atoms with E-state index in [1.807, 2.05) is 11.3 Å². The van der Waals surface area contributed by atoms with E-state index < -0.39 is 0 Å². The summed E-state index contributed by atoms with van der Waals surface area (Å²) in [6.07, 6.45) is 2.13. The van der Waals surface area contributed by atoms with Crippen molar-refractivity contribution in [3.63, 3.8) is 0 Å². The maximum absolute atomic E-state index is 2.28. The number of hydrogen-bond acceptors (Lipinski definition) is 1. The molecular weight excluding hydrogens is 344 g/mol. The summed E-state index contributed by atoms with van der Waals surface area (Å²) >= 11 is 1.91. The fourth-order valence-corrected chi connectivity index (χ4v) is 5.11. The SMILES string of the molecule is c1ccc(CCc2ccccc2-c2cccc3c2sc2ccccc23)cc1. The van der Waals surface area contributed by atoms with Gasteiger partial charge in [0.25, 0.3) is 0 Å². The lowest BCUT2D eigenvalue weighted by molar-refractivity contribution is 0.962. The van der Waals surface area contributed by atoms with Crippen LogP contribution in [0.15, 0.2) is 97.1 Å². The Hall–Kier alpha value is -2.90. The van der Waals surface area contributed by atoms with Gasteiger partial charge in [0.05, 0.1) is 0 Å². The van der Waals surface area contributed by atoms with Crippen LogP contribution in [0.4, 0.5) is 0 Å². The second-order valence-corrected chi connectivity index (χ2v) is 7.98. The maximum atomic E-state index is 2.28. The van der Waals surface area contributed by atoms with Gasteiger partial charge in [-0.05, 0) is 41.2 Å². The van der Waals surface area contributed by atoms with E-state index in [4.69, 9.17) is 0 Å². The van der Waals surface area contributed by atoms with Gasteiger partial charge in [-0.3, -0.25) is 0 Å². The number of thiophene rings is 1. The third-order valence-electron chi connectivity index (χ3n) is 5.24. The normalized spacial score (nSPS) is 11.3. The number of benzene rings is 4. The Labute approximate surface area is 163 Å². The summed E-state index contributed by atoms with van der Waals surface area (Å²) in [5.41, 5.74) is 5.54. The first-order valence-corrected chi connectivity index (χ1v) is 10.2. The number of hydrogen-bond donors (Lipinski definition) is 0. The summed E-state index contributed by atoms with van der Waals surface area (Å²) in [5, 5.41) is 2.73. The predicted octanol–water partition coefficient (Wildman–Crippen LogP) is 7.51. The minimum Gasteiger partial charge on any atom is -0.135 e. The molecule has 0 saturated heterocycles. The molecule has 0 aliphatic carbocycles. The zero-order valence-corrected chi connectivity index (χ0v) is 15.9.